The molecule has 0 saturated carbocycles. The number of carboxylic acid groups (broad SMARTS) is 2. The van der Waals surface area contributed by atoms with E-state index in [4.69, 9.17) is 15.9 Å². The van der Waals surface area contributed by atoms with Crippen LogP contribution in [0.15, 0.2) is 0 Å². The van der Waals surface area contributed by atoms with Crippen molar-refractivity contribution in [2.24, 2.45) is 5.73 Å². The zero-order valence-electron chi connectivity index (χ0n) is 15.6. The lowest BCUT2D eigenvalue weighted by Crippen LogP contribution is -2.60. The van der Waals surface area contributed by atoms with Crippen molar-refractivity contribution in [2.45, 2.75) is 63.6 Å². The SMILES string of the molecule is CC(N)C(=O)NC(C(=O)NC(CC(=O)O)C(=O)NC(C(=O)O)C(C)O)C(C)O. The number of nitrogens with two attached hydrogens (primary N) is 1. The number of carbonyl (C=O) groups is 5. The van der Waals surface area contributed by atoms with Crippen LogP contribution in [-0.4, -0.2) is 86.5 Å². The highest BCUT2D eigenvalue weighted by atomic mass is 16.4. The van der Waals surface area contributed by atoms with Crippen molar-refractivity contribution < 1.29 is 44.4 Å². The minimum atomic E-state index is -1.74. The molecule has 0 bridgehead atoms. The first-order valence-corrected chi connectivity index (χ1v) is 8.25. The van der Waals surface area contributed by atoms with Crippen LogP contribution in [0.2, 0.25) is 0 Å². The molecule has 0 fully saturated rings. The van der Waals surface area contributed by atoms with Gasteiger partial charge in [-0.2, -0.15) is 0 Å². The summed E-state index contributed by atoms with van der Waals surface area (Å²) < 4.78 is 0. The molecule has 6 unspecified atom stereocenters. The maximum Gasteiger partial charge on any atom is 0.328 e. The molecule has 0 aliphatic carbocycles. The van der Waals surface area contributed by atoms with E-state index in [-0.39, 0.29) is 0 Å². The van der Waals surface area contributed by atoms with Crippen LogP contribution in [0, 0.1) is 0 Å². The van der Waals surface area contributed by atoms with Gasteiger partial charge < -0.3 is 42.1 Å². The quantitative estimate of drug-likeness (QED) is 0.166. The van der Waals surface area contributed by atoms with Crippen LogP contribution >= 0.6 is 0 Å². The third-order valence-corrected chi connectivity index (χ3v) is 3.53. The number of carbonyl (C=O) groups excluding carboxylic acids is 3. The zero-order chi connectivity index (χ0) is 22.2. The van der Waals surface area contributed by atoms with Gasteiger partial charge in [0.05, 0.1) is 24.7 Å². The monoisotopic (exact) mass is 406 g/mol. The van der Waals surface area contributed by atoms with Gasteiger partial charge in [-0.25, -0.2) is 4.79 Å². The Hall–Kier alpha value is -2.77. The van der Waals surface area contributed by atoms with E-state index in [1.807, 2.05) is 10.6 Å². The number of rotatable bonds is 11. The third-order valence-electron chi connectivity index (χ3n) is 3.53. The first-order valence-electron chi connectivity index (χ1n) is 8.25. The Balaban J connectivity index is 5.41. The van der Waals surface area contributed by atoms with Crippen molar-refractivity contribution in [1.82, 2.24) is 16.0 Å². The van der Waals surface area contributed by atoms with Gasteiger partial charge in [0, 0.05) is 0 Å². The summed E-state index contributed by atoms with van der Waals surface area (Å²) in [6.07, 6.45) is -3.84. The molecule has 0 spiro atoms. The van der Waals surface area contributed by atoms with Gasteiger partial charge in [-0.1, -0.05) is 0 Å². The lowest BCUT2D eigenvalue weighted by atomic mass is 10.1. The molecule has 0 aromatic rings. The van der Waals surface area contributed by atoms with Gasteiger partial charge >= 0.3 is 11.9 Å². The van der Waals surface area contributed by atoms with Gasteiger partial charge in [-0.3, -0.25) is 19.2 Å². The second-order valence-electron chi connectivity index (χ2n) is 6.24. The summed E-state index contributed by atoms with van der Waals surface area (Å²) in [4.78, 5) is 58.3. The summed E-state index contributed by atoms with van der Waals surface area (Å²) in [5, 5.41) is 43.1. The Morgan fingerprint density at radius 1 is 0.786 bits per heavy atom. The van der Waals surface area contributed by atoms with Crippen molar-refractivity contribution in [3.05, 3.63) is 0 Å². The van der Waals surface area contributed by atoms with E-state index in [1.165, 1.54) is 13.8 Å². The Kier molecular flexibility index (Phi) is 10.1. The first-order chi connectivity index (χ1) is 12.8. The maximum atomic E-state index is 12.3. The number of hydrogen-bond acceptors (Lipinski definition) is 8. The summed E-state index contributed by atoms with van der Waals surface area (Å²) >= 11 is 0. The number of hydrogen-bond donors (Lipinski definition) is 8. The summed E-state index contributed by atoms with van der Waals surface area (Å²) in [6, 6.07) is -6.03. The predicted octanol–water partition coefficient (Wildman–Crippen LogP) is -3.89. The Morgan fingerprint density at radius 3 is 1.61 bits per heavy atom. The molecule has 6 atom stereocenters. The molecule has 0 aliphatic heterocycles. The molecule has 13 heteroatoms. The normalized spacial score (nSPS) is 17.2. The van der Waals surface area contributed by atoms with E-state index in [2.05, 4.69) is 5.32 Å². The van der Waals surface area contributed by atoms with Crippen molar-refractivity contribution in [1.29, 1.82) is 0 Å². The minimum Gasteiger partial charge on any atom is -0.481 e. The minimum absolute atomic E-state index is 0.777. The topological polar surface area (TPSA) is 228 Å². The van der Waals surface area contributed by atoms with Crippen molar-refractivity contribution in [3.8, 4) is 0 Å². The van der Waals surface area contributed by atoms with Crippen LogP contribution in [-0.2, 0) is 24.0 Å². The average molecular weight is 406 g/mol. The number of aliphatic hydroxyl groups excluding tert-OH is 2. The molecule has 28 heavy (non-hydrogen) atoms. The van der Waals surface area contributed by atoms with Crippen molar-refractivity contribution >= 4 is 29.7 Å². The zero-order valence-corrected chi connectivity index (χ0v) is 15.6. The van der Waals surface area contributed by atoms with E-state index in [9.17, 15) is 34.2 Å². The molecule has 0 heterocycles. The molecule has 9 N–H and O–H groups in total. The molecule has 3 amide bonds. The molecule has 0 aromatic carbocycles. The van der Waals surface area contributed by atoms with Crippen LogP contribution in [0.1, 0.15) is 27.2 Å². The van der Waals surface area contributed by atoms with Gasteiger partial charge in [0.2, 0.25) is 17.7 Å². The van der Waals surface area contributed by atoms with Crippen LogP contribution < -0.4 is 21.7 Å². The lowest BCUT2D eigenvalue weighted by molar-refractivity contribution is -0.146. The van der Waals surface area contributed by atoms with E-state index in [1.54, 1.807) is 0 Å². The maximum absolute atomic E-state index is 12.3. The summed E-state index contributed by atoms with van der Waals surface area (Å²) in [5.41, 5.74) is 5.36. The first kappa shape index (κ1) is 25.2. The highest BCUT2D eigenvalue weighted by Crippen LogP contribution is 2.01. The van der Waals surface area contributed by atoms with Crippen LogP contribution in [0.5, 0.6) is 0 Å². The van der Waals surface area contributed by atoms with Gasteiger partial charge in [-0.05, 0) is 20.8 Å². The van der Waals surface area contributed by atoms with Gasteiger partial charge in [0.15, 0.2) is 6.04 Å². The highest BCUT2D eigenvalue weighted by Gasteiger charge is 2.34. The fourth-order valence-electron chi connectivity index (χ4n) is 1.98. The fraction of sp³-hybridized carbons (Fsp3) is 0.667. The van der Waals surface area contributed by atoms with Gasteiger partial charge in [-0.15, -0.1) is 0 Å². The van der Waals surface area contributed by atoms with Crippen LogP contribution in [0.25, 0.3) is 0 Å². The van der Waals surface area contributed by atoms with Crippen molar-refractivity contribution in [2.75, 3.05) is 0 Å². The molecule has 0 saturated heterocycles. The van der Waals surface area contributed by atoms with Gasteiger partial charge in [0.25, 0.3) is 0 Å². The number of nitrogens with one attached hydrogen (secondary N) is 3. The van der Waals surface area contributed by atoms with E-state index in [0.29, 0.717) is 0 Å². The Bertz CT molecular complexity index is 606. The van der Waals surface area contributed by atoms with E-state index < -0.39 is 72.5 Å². The number of amides is 3. The smallest absolute Gasteiger partial charge is 0.328 e. The average Bonchev–Trinajstić information content (AvgIpc) is 2.54. The fourth-order valence-corrected chi connectivity index (χ4v) is 1.98. The van der Waals surface area contributed by atoms with Crippen LogP contribution in [0.3, 0.4) is 0 Å². The largest absolute Gasteiger partial charge is 0.481 e. The lowest BCUT2D eigenvalue weighted by Gasteiger charge is -2.26. The second-order valence-corrected chi connectivity index (χ2v) is 6.24. The molecule has 0 aromatic heterocycles. The molecule has 0 radical (unpaired) electrons. The molecule has 160 valence electrons. The Labute approximate surface area is 160 Å². The number of carboxylic acids is 2. The van der Waals surface area contributed by atoms with Crippen molar-refractivity contribution in [3.63, 3.8) is 0 Å². The molecular formula is C15H26N4O9. The summed E-state index contributed by atoms with van der Waals surface area (Å²) in [7, 11) is 0. The third kappa shape index (κ3) is 8.28. The standard InChI is InChI=1S/C15H26N4O9/c1-5(16)12(24)18-10(6(2)20)14(26)17-8(4-9(22)23)13(25)19-11(7(3)21)15(27)28/h5-8,10-11,20-21H,4,16H2,1-3H3,(H,17,26)(H,18,24)(H,19,25)(H,22,23)(H,27,28). The second kappa shape index (κ2) is 11.2. The predicted molar refractivity (Wildman–Crippen MR) is 92.7 cm³/mol. The van der Waals surface area contributed by atoms with E-state index in [0.717, 1.165) is 6.92 Å². The molecule has 0 aliphatic rings. The van der Waals surface area contributed by atoms with Crippen LogP contribution in [0.4, 0.5) is 0 Å². The number of aliphatic hydroxyl groups is 2. The van der Waals surface area contributed by atoms with Gasteiger partial charge in [0.1, 0.15) is 12.1 Å². The summed E-state index contributed by atoms with van der Waals surface area (Å²) in [5.74, 6) is -6.12. The molecule has 0 rings (SSSR count). The van der Waals surface area contributed by atoms with E-state index >= 15 is 0 Å². The summed E-state index contributed by atoms with van der Waals surface area (Å²) in [6.45, 7) is 3.60. The number of aliphatic carboxylic acids is 2. The molecular weight excluding hydrogens is 380 g/mol. The molecule has 13 nitrogen and oxygen atoms in total. The highest BCUT2D eigenvalue weighted by molar-refractivity contribution is 5.95. The Morgan fingerprint density at radius 2 is 1.25 bits per heavy atom.